The largest absolute Gasteiger partial charge is 0.493 e. The molecule has 0 fully saturated rings. The lowest BCUT2D eigenvalue weighted by molar-refractivity contribution is 0.102. The molecule has 0 aliphatic heterocycles. The highest BCUT2D eigenvalue weighted by Crippen LogP contribution is 2.31. The van der Waals surface area contributed by atoms with Gasteiger partial charge in [-0.2, -0.15) is 5.10 Å². The zero-order chi connectivity index (χ0) is 19.4. The van der Waals surface area contributed by atoms with E-state index in [0.29, 0.717) is 29.4 Å². The number of rotatable bonds is 6. The van der Waals surface area contributed by atoms with E-state index in [1.165, 1.54) is 0 Å². The zero-order valence-electron chi connectivity index (χ0n) is 15.9. The third kappa shape index (κ3) is 3.95. The minimum Gasteiger partial charge on any atom is -0.493 e. The Morgan fingerprint density at radius 2 is 1.89 bits per heavy atom. The Kier molecular flexibility index (Phi) is 5.45. The van der Waals surface area contributed by atoms with Crippen molar-refractivity contribution in [2.24, 2.45) is 0 Å². The molecule has 27 heavy (non-hydrogen) atoms. The quantitative estimate of drug-likeness (QED) is 0.721. The molecule has 0 saturated heterocycles. The molecule has 0 atom stereocenters. The summed E-state index contributed by atoms with van der Waals surface area (Å²) in [5.41, 5.74) is 3.76. The summed E-state index contributed by atoms with van der Waals surface area (Å²) in [6, 6.07) is 13.1. The maximum Gasteiger partial charge on any atom is 0.256 e. The molecule has 3 rings (SSSR count). The van der Waals surface area contributed by atoms with Gasteiger partial charge in [0.1, 0.15) is 5.82 Å². The van der Waals surface area contributed by atoms with Gasteiger partial charge in [-0.1, -0.05) is 18.2 Å². The summed E-state index contributed by atoms with van der Waals surface area (Å²) in [6.45, 7) is 4.45. The van der Waals surface area contributed by atoms with Crippen LogP contribution in [0.25, 0.3) is 0 Å². The van der Waals surface area contributed by atoms with Gasteiger partial charge in [0.25, 0.3) is 5.91 Å². The van der Waals surface area contributed by atoms with Crippen LogP contribution >= 0.6 is 0 Å². The number of nitrogens with zero attached hydrogens (tertiary/aromatic N) is 2. The van der Waals surface area contributed by atoms with Gasteiger partial charge in [0.15, 0.2) is 11.5 Å². The molecule has 0 aliphatic rings. The van der Waals surface area contributed by atoms with Crippen molar-refractivity contribution in [1.29, 1.82) is 0 Å². The molecule has 6 nitrogen and oxygen atoms in total. The number of ether oxygens (including phenoxy) is 2. The molecule has 1 N–H and O–H groups in total. The number of aromatic nitrogens is 2. The van der Waals surface area contributed by atoms with Crippen LogP contribution in [0, 0.1) is 13.8 Å². The number of anilines is 1. The standard InChI is InChI=1S/C21H23N3O3/c1-14-8-9-16(12-15(14)2)21(25)23-19-10-11-22-24(19)13-17-6-5-7-18(26-3)20(17)27-4/h5-12H,13H2,1-4H3,(H,23,25). The number of carbonyl (C=O) groups is 1. The van der Waals surface area contributed by atoms with Crippen molar-refractivity contribution in [2.45, 2.75) is 20.4 Å². The number of para-hydroxylation sites is 1. The second-order valence-corrected chi connectivity index (χ2v) is 6.28. The molecular weight excluding hydrogens is 342 g/mol. The van der Waals surface area contributed by atoms with Crippen molar-refractivity contribution in [3.8, 4) is 11.5 Å². The van der Waals surface area contributed by atoms with Gasteiger partial charge >= 0.3 is 0 Å². The summed E-state index contributed by atoms with van der Waals surface area (Å²) >= 11 is 0. The van der Waals surface area contributed by atoms with Crippen molar-refractivity contribution in [3.05, 3.63) is 70.9 Å². The maximum atomic E-state index is 12.6. The van der Waals surface area contributed by atoms with E-state index >= 15 is 0 Å². The Morgan fingerprint density at radius 3 is 2.59 bits per heavy atom. The van der Waals surface area contributed by atoms with Gasteiger partial charge in [-0.05, 0) is 43.2 Å². The van der Waals surface area contributed by atoms with Gasteiger partial charge in [0, 0.05) is 17.2 Å². The Balaban J connectivity index is 1.82. The molecule has 2 aromatic carbocycles. The molecule has 0 saturated carbocycles. The summed E-state index contributed by atoms with van der Waals surface area (Å²) in [5.74, 6) is 1.75. The normalized spacial score (nSPS) is 10.5. The third-order valence-corrected chi connectivity index (χ3v) is 4.53. The average molecular weight is 365 g/mol. The van der Waals surface area contributed by atoms with E-state index in [9.17, 15) is 4.79 Å². The molecule has 0 bridgehead atoms. The number of nitrogens with one attached hydrogen (secondary N) is 1. The van der Waals surface area contributed by atoms with Gasteiger partial charge in [-0.15, -0.1) is 0 Å². The maximum absolute atomic E-state index is 12.6. The van der Waals surface area contributed by atoms with E-state index in [-0.39, 0.29) is 5.91 Å². The Morgan fingerprint density at radius 1 is 1.07 bits per heavy atom. The molecule has 1 amide bonds. The van der Waals surface area contributed by atoms with Crippen LogP contribution in [-0.4, -0.2) is 29.9 Å². The van der Waals surface area contributed by atoms with Gasteiger partial charge in [-0.25, -0.2) is 4.68 Å². The molecule has 0 unspecified atom stereocenters. The van der Waals surface area contributed by atoms with E-state index in [1.54, 1.807) is 31.2 Å². The van der Waals surface area contributed by atoms with Gasteiger partial charge in [0.05, 0.1) is 27.0 Å². The first-order valence-corrected chi connectivity index (χ1v) is 8.63. The van der Waals surface area contributed by atoms with Crippen molar-refractivity contribution in [1.82, 2.24) is 9.78 Å². The molecule has 0 spiro atoms. The fourth-order valence-electron chi connectivity index (χ4n) is 2.88. The minimum absolute atomic E-state index is 0.169. The van der Waals surface area contributed by atoms with Crippen LogP contribution in [-0.2, 0) is 6.54 Å². The topological polar surface area (TPSA) is 65.4 Å². The Hall–Kier alpha value is -3.28. The van der Waals surface area contributed by atoms with E-state index < -0.39 is 0 Å². The fraction of sp³-hybridized carbons (Fsp3) is 0.238. The summed E-state index contributed by atoms with van der Waals surface area (Å²) in [6.07, 6.45) is 1.66. The molecule has 0 aliphatic carbocycles. The molecular formula is C21H23N3O3. The fourth-order valence-corrected chi connectivity index (χ4v) is 2.88. The number of hydrogen-bond acceptors (Lipinski definition) is 4. The average Bonchev–Trinajstić information content (AvgIpc) is 3.10. The van der Waals surface area contributed by atoms with E-state index in [4.69, 9.17) is 9.47 Å². The highest BCUT2D eigenvalue weighted by atomic mass is 16.5. The number of hydrogen-bond donors (Lipinski definition) is 1. The summed E-state index contributed by atoms with van der Waals surface area (Å²) in [4.78, 5) is 12.6. The number of amides is 1. The van der Waals surface area contributed by atoms with Crippen LogP contribution in [0.1, 0.15) is 27.0 Å². The predicted molar refractivity (Wildman–Crippen MR) is 105 cm³/mol. The highest BCUT2D eigenvalue weighted by molar-refractivity contribution is 6.04. The van der Waals surface area contributed by atoms with Crippen LogP contribution in [0.4, 0.5) is 5.82 Å². The predicted octanol–water partition coefficient (Wildman–Crippen LogP) is 3.82. The summed E-state index contributed by atoms with van der Waals surface area (Å²) in [5, 5.41) is 7.26. The Bertz CT molecular complexity index is 963. The number of aryl methyl sites for hydroxylation is 2. The second-order valence-electron chi connectivity index (χ2n) is 6.28. The minimum atomic E-state index is -0.169. The van der Waals surface area contributed by atoms with Gasteiger partial charge in [0.2, 0.25) is 0 Å². The van der Waals surface area contributed by atoms with Crippen LogP contribution in [0.15, 0.2) is 48.7 Å². The molecule has 6 heteroatoms. The van der Waals surface area contributed by atoms with Crippen LogP contribution < -0.4 is 14.8 Å². The number of benzene rings is 2. The van der Waals surface area contributed by atoms with Crippen molar-refractivity contribution in [3.63, 3.8) is 0 Å². The Labute approximate surface area is 158 Å². The lowest BCUT2D eigenvalue weighted by Gasteiger charge is -2.14. The zero-order valence-corrected chi connectivity index (χ0v) is 15.9. The lowest BCUT2D eigenvalue weighted by atomic mass is 10.1. The number of carbonyl (C=O) groups excluding carboxylic acids is 1. The SMILES string of the molecule is COc1cccc(Cn2nccc2NC(=O)c2ccc(C)c(C)c2)c1OC. The van der Waals surface area contributed by atoms with Crippen molar-refractivity contribution >= 4 is 11.7 Å². The van der Waals surface area contributed by atoms with E-state index in [2.05, 4.69) is 10.4 Å². The summed E-state index contributed by atoms with van der Waals surface area (Å²) in [7, 11) is 3.21. The number of methoxy groups -OCH3 is 2. The lowest BCUT2D eigenvalue weighted by Crippen LogP contribution is -2.16. The van der Waals surface area contributed by atoms with Crippen LogP contribution in [0.3, 0.4) is 0 Å². The first-order valence-electron chi connectivity index (χ1n) is 8.63. The van der Waals surface area contributed by atoms with Gasteiger partial charge in [-0.3, -0.25) is 4.79 Å². The van der Waals surface area contributed by atoms with Gasteiger partial charge < -0.3 is 14.8 Å². The van der Waals surface area contributed by atoms with E-state index in [0.717, 1.165) is 16.7 Å². The van der Waals surface area contributed by atoms with Crippen molar-refractivity contribution in [2.75, 3.05) is 19.5 Å². The first kappa shape index (κ1) is 18.5. The molecule has 0 radical (unpaired) electrons. The van der Waals surface area contributed by atoms with Crippen molar-refractivity contribution < 1.29 is 14.3 Å². The smallest absolute Gasteiger partial charge is 0.256 e. The first-order chi connectivity index (χ1) is 13.0. The third-order valence-electron chi connectivity index (χ3n) is 4.53. The van der Waals surface area contributed by atoms with Crippen LogP contribution in [0.2, 0.25) is 0 Å². The highest BCUT2D eigenvalue weighted by Gasteiger charge is 2.14. The molecule has 3 aromatic rings. The van der Waals surface area contributed by atoms with Crippen LogP contribution in [0.5, 0.6) is 11.5 Å². The second kappa shape index (κ2) is 7.95. The van der Waals surface area contributed by atoms with E-state index in [1.807, 2.05) is 50.2 Å². The monoisotopic (exact) mass is 365 g/mol. The molecule has 1 heterocycles. The molecule has 140 valence electrons. The molecule has 1 aromatic heterocycles. The summed E-state index contributed by atoms with van der Waals surface area (Å²) < 4.78 is 12.5.